The van der Waals surface area contributed by atoms with Crippen LogP contribution in [0.1, 0.15) is 39.3 Å². The molecule has 0 amide bonds. The number of hydrogen-bond donors (Lipinski definition) is 1. The average Bonchev–Trinajstić information content (AvgIpc) is 2.61. The van der Waals surface area contributed by atoms with E-state index in [9.17, 15) is 4.55 Å². The van der Waals surface area contributed by atoms with E-state index in [0.717, 1.165) is 22.4 Å². The van der Waals surface area contributed by atoms with E-state index in [-0.39, 0.29) is 10.8 Å². The molecule has 0 spiro atoms. The van der Waals surface area contributed by atoms with Gasteiger partial charge in [0.05, 0.1) is 6.04 Å². The fraction of sp³-hybridized carbons (Fsp3) is 0.273. The zero-order valence-electron chi connectivity index (χ0n) is 15.7. The van der Waals surface area contributed by atoms with Gasteiger partial charge in [-0.2, -0.15) is 0 Å². The molecule has 0 fully saturated rings. The third kappa shape index (κ3) is 4.58. The molecule has 3 nitrogen and oxygen atoms in total. The van der Waals surface area contributed by atoms with Crippen LogP contribution in [0, 0.1) is 0 Å². The van der Waals surface area contributed by atoms with Crippen LogP contribution < -0.4 is 9.46 Å². The Bertz CT molecular complexity index is 871. The second-order valence-electron chi connectivity index (χ2n) is 7.40. The van der Waals surface area contributed by atoms with Gasteiger partial charge in [0.2, 0.25) is 0 Å². The van der Waals surface area contributed by atoms with E-state index in [4.69, 9.17) is 4.74 Å². The lowest BCUT2D eigenvalue weighted by Crippen LogP contribution is -2.40. The van der Waals surface area contributed by atoms with E-state index in [0.29, 0.717) is 0 Å². The third-order valence-electron chi connectivity index (χ3n) is 4.18. The first kappa shape index (κ1) is 18.8. The fourth-order valence-electron chi connectivity index (χ4n) is 2.60. The highest BCUT2D eigenvalue weighted by molar-refractivity contribution is 7.90. The first-order valence-corrected chi connectivity index (χ1v) is 9.92. The maximum absolute atomic E-state index is 12.2. The molecule has 1 N–H and O–H groups in total. The molecule has 0 saturated carbocycles. The lowest BCUT2D eigenvalue weighted by Gasteiger charge is -2.26. The molecule has 0 aliphatic heterocycles. The minimum atomic E-state index is -1.10. The minimum absolute atomic E-state index is 0.00442. The lowest BCUT2D eigenvalue weighted by atomic mass is 10.1. The molecule has 2 atom stereocenters. The average molecular weight is 368 g/mol. The molecule has 0 aliphatic carbocycles. The van der Waals surface area contributed by atoms with Crippen molar-refractivity contribution in [2.45, 2.75) is 38.5 Å². The smallest absolute Gasteiger partial charge is 0.136 e. The highest BCUT2D eigenvalue weighted by atomic mass is 32.2. The normalized spacial score (nSPS) is 14.2. The van der Waals surface area contributed by atoms with Crippen LogP contribution in [0.5, 0.6) is 11.5 Å². The second kappa shape index (κ2) is 7.70. The van der Waals surface area contributed by atoms with Gasteiger partial charge in [-0.05, 0) is 68.3 Å². The largest absolute Gasteiger partial charge is 0.598 e. The molecular weight excluding hydrogens is 342 g/mol. The number of benzene rings is 3. The van der Waals surface area contributed by atoms with Crippen molar-refractivity contribution in [3.63, 3.8) is 0 Å². The van der Waals surface area contributed by atoms with Gasteiger partial charge in [0.1, 0.15) is 16.2 Å². The Balaban J connectivity index is 1.68. The van der Waals surface area contributed by atoms with Gasteiger partial charge in [0.15, 0.2) is 0 Å². The lowest BCUT2D eigenvalue weighted by molar-refractivity contribution is 0.483. The summed E-state index contributed by atoms with van der Waals surface area (Å²) in [5.74, 6) is 1.60. The van der Waals surface area contributed by atoms with E-state index in [1.807, 2.05) is 76.2 Å². The van der Waals surface area contributed by atoms with Crippen LogP contribution in [0.25, 0.3) is 10.8 Å². The van der Waals surface area contributed by atoms with E-state index in [1.165, 1.54) is 5.39 Å². The zero-order valence-corrected chi connectivity index (χ0v) is 16.5. The molecule has 136 valence electrons. The van der Waals surface area contributed by atoms with Crippen molar-refractivity contribution in [3.8, 4) is 11.5 Å². The number of hydrogen-bond acceptors (Lipinski definition) is 3. The van der Waals surface area contributed by atoms with Gasteiger partial charge in [0.25, 0.3) is 0 Å². The minimum Gasteiger partial charge on any atom is -0.598 e. The Kier molecular flexibility index (Phi) is 5.56. The summed E-state index contributed by atoms with van der Waals surface area (Å²) in [4.78, 5) is 0. The number of fused-ring (bicyclic) bond motifs is 1. The molecule has 3 aromatic rings. The third-order valence-corrected chi connectivity index (χ3v) is 5.86. The molecule has 0 radical (unpaired) electrons. The quantitative estimate of drug-likeness (QED) is 0.584. The predicted molar refractivity (Wildman–Crippen MR) is 110 cm³/mol. The van der Waals surface area contributed by atoms with E-state index in [2.05, 4.69) is 22.9 Å². The summed E-state index contributed by atoms with van der Waals surface area (Å²) >= 11 is -1.10. The highest BCUT2D eigenvalue weighted by Gasteiger charge is 2.28. The Labute approximate surface area is 158 Å². The molecule has 0 aliphatic rings. The summed E-state index contributed by atoms with van der Waals surface area (Å²) in [7, 11) is 0. The maximum atomic E-state index is 12.2. The molecule has 26 heavy (non-hydrogen) atoms. The van der Waals surface area contributed by atoms with Crippen molar-refractivity contribution in [3.05, 3.63) is 72.3 Å². The van der Waals surface area contributed by atoms with E-state index < -0.39 is 11.4 Å². The Morgan fingerprint density at radius 3 is 2.15 bits per heavy atom. The fourth-order valence-corrected chi connectivity index (χ4v) is 3.41. The van der Waals surface area contributed by atoms with E-state index in [1.54, 1.807) is 0 Å². The molecule has 0 heterocycles. The van der Waals surface area contributed by atoms with Crippen molar-refractivity contribution < 1.29 is 9.29 Å². The van der Waals surface area contributed by atoms with Crippen molar-refractivity contribution in [1.82, 2.24) is 4.72 Å². The van der Waals surface area contributed by atoms with Crippen LogP contribution in [0.2, 0.25) is 0 Å². The molecule has 3 aromatic carbocycles. The summed E-state index contributed by atoms with van der Waals surface area (Å²) in [5.41, 5.74) is 1.08. The zero-order chi connectivity index (χ0) is 18.7. The van der Waals surface area contributed by atoms with Gasteiger partial charge in [-0.25, -0.2) is 0 Å². The van der Waals surface area contributed by atoms with Gasteiger partial charge in [-0.1, -0.05) is 42.5 Å². The van der Waals surface area contributed by atoms with Gasteiger partial charge in [-0.15, -0.1) is 4.72 Å². The first-order chi connectivity index (χ1) is 12.3. The second-order valence-corrected chi connectivity index (χ2v) is 9.40. The maximum Gasteiger partial charge on any atom is 0.136 e. The number of ether oxygens (including phenoxy) is 1. The highest BCUT2D eigenvalue weighted by Crippen LogP contribution is 2.27. The SMILES string of the molecule is C[C@@H](N[S@+]([O-])C(C)(C)C)c1ccc(Oc2ccc3ccccc3c2)cc1. The predicted octanol–water partition coefficient (Wildman–Crippen LogP) is 5.74. The summed E-state index contributed by atoms with van der Waals surface area (Å²) in [5, 5.41) is 2.35. The van der Waals surface area contributed by atoms with Gasteiger partial charge >= 0.3 is 0 Å². The van der Waals surface area contributed by atoms with Crippen LogP contribution in [0.3, 0.4) is 0 Å². The van der Waals surface area contributed by atoms with Crippen molar-refractivity contribution in [1.29, 1.82) is 0 Å². The summed E-state index contributed by atoms with van der Waals surface area (Å²) in [6, 6.07) is 22.2. The van der Waals surface area contributed by atoms with Crippen LogP contribution in [-0.4, -0.2) is 9.30 Å². The molecule has 3 rings (SSSR count). The standard InChI is InChI=1S/C22H25NO2S/c1-16(23-26(24)22(2,3)4)17-9-12-20(13-10-17)25-21-14-11-18-7-5-6-8-19(18)15-21/h5-16,23H,1-4H3/t16-,26-/m1/s1. The monoisotopic (exact) mass is 367 g/mol. The number of nitrogens with one attached hydrogen (secondary N) is 1. The molecule has 0 unspecified atom stereocenters. The van der Waals surface area contributed by atoms with Crippen LogP contribution in [0.15, 0.2) is 66.7 Å². The van der Waals surface area contributed by atoms with Crippen molar-refractivity contribution in [2.24, 2.45) is 0 Å². The summed E-state index contributed by atoms with van der Waals surface area (Å²) < 4.78 is 21.1. The topological polar surface area (TPSA) is 44.3 Å². The van der Waals surface area contributed by atoms with Gasteiger partial charge in [0, 0.05) is 11.4 Å². The summed E-state index contributed by atoms with van der Waals surface area (Å²) in [6.45, 7) is 7.90. The van der Waals surface area contributed by atoms with E-state index >= 15 is 0 Å². The van der Waals surface area contributed by atoms with Crippen LogP contribution in [-0.2, 0) is 11.4 Å². The molecule has 4 heteroatoms. The Morgan fingerprint density at radius 1 is 0.885 bits per heavy atom. The van der Waals surface area contributed by atoms with Gasteiger partial charge in [-0.3, -0.25) is 0 Å². The molecule has 0 saturated heterocycles. The van der Waals surface area contributed by atoms with Gasteiger partial charge < -0.3 is 9.29 Å². The molecule has 0 aromatic heterocycles. The number of rotatable bonds is 5. The van der Waals surface area contributed by atoms with Crippen LogP contribution >= 0.6 is 0 Å². The van der Waals surface area contributed by atoms with Crippen LogP contribution in [0.4, 0.5) is 0 Å². The Morgan fingerprint density at radius 2 is 1.50 bits per heavy atom. The van der Waals surface area contributed by atoms with Crippen molar-refractivity contribution >= 4 is 22.1 Å². The first-order valence-electron chi connectivity index (χ1n) is 8.77. The molecular formula is C22H25NO2S. The Hall–Kier alpha value is -2.01. The van der Waals surface area contributed by atoms with Crippen molar-refractivity contribution in [2.75, 3.05) is 0 Å². The summed E-state index contributed by atoms with van der Waals surface area (Å²) in [6.07, 6.45) is 0. The molecule has 0 bridgehead atoms.